The van der Waals surface area contributed by atoms with Gasteiger partial charge in [-0.2, -0.15) is 0 Å². The van der Waals surface area contributed by atoms with Crippen LogP contribution in [0.15, 0.2) is 136 Å². The van der Waals surface area contributed by atoms with Crippen molar-refractivity contribution in [2.45, 2.75) is 262 Å². The third-order valence-electron chi connectivity index (χ3n) is 25.2. The summed E-state index contributed by atoms with van der Waals surface area (Å²) in [6, 6.07) is 15.2. The molecule has 3 amide bonds. The van der Waals surface area contributed by atoms with Gasteiger partial charge in [0.2, 0.25) is 11.8 Å². The maximum atomic E-state index is 14.4. The van der Waals surface area contributed by atoms with Gasteiger partial charge in [-0.25, -0.2) is 46.7 Å². The minimum Gasteiger partial charge on any atom is -0.390 e. The summed E-state index contributed by atoms with van der Waals surface area (Å²) in [5.41, 5.74) is -2.90. The SMILES string of the molecule is C=C1NC(=O)C(C)=CN1[C@H]1CC(O)[C@@H](COP(=O)(O)OC2C[C@H](n3cc(C)c(=O)[nH]c3=O)O[C@@H]2COP(=O)(O)OC2C[C@H](n3cc(C)c(=O)[nH]c3=O)O[C@@H]2COP(=O)(O)OC2C[C@H](n3cc(C)c(=O)[nH]c3=O)O[C@@H]2COP(=O)(O)OC2C[C@H](n3cc(C)c(=O)[nH]c3=O)O[C@@H]2COP(=O)(O)OCCOCCCC(=O)CCCCC(=O)N2Cc3ccccc3-c3c(nnn3CCCC(=O)NCCCCCCC)-c3ccccc32)O1. The zero-order chi connectivity index (χ0) is 106. The molecule has 10 unspecified atom stereocenters. The molecule has 7 aliphatic rings. The van der Waals surface area contributed by atoms with Crippen molar-refractivity contribution in [3.05, 3.63) is 209 Å². The second kappa shape index (κ2) is 49.4. The predicted molar refractivity (Wildman–Crippen MR) is 511 cm³/mol. The topological polar surface area (TPSA) is 703 Å². The van der Waals surface area contributed by atoms with Crippen LogP contribution in [0.25, 0.3) is 22.5 Å². The third kappa shape index (κ3) is 29.6. The number of fused-ring (bicyclic) bond motifs is 5. The molecule has 12 N–H and O–H groups in total. The Balaban J connectivity index is 0.573. The number of carbonyl (C=O) groups excluding carboxylic acids is 4. The summed E-state index contributed by atoms with van der Waals surface area (Å²) in [7, 11) is -27.4. The normalized spacial score (nSPS) is 25.0. The monoisotopic (exact) mass is 2160 g/mol. The lowest BCUT2D eigenvalue weighted by Crippen LogP contribution is -2.42. The van der Waals surface area contributed by atoms with Gasteiger partial charge in [-0.05, 0) is 78.4 Å². The van der Waals surface area contributed by atoms with E-state index in [4.69, 9.17) is 73.7 Å². The molecule has 2 aromatic carbocycles. The van der Waals surface area contributed by atoms with Crippen molar-refractivity contribution in [1.29, 1.82) is 0 Å². The number of aliphatic hydroxyl groups is 1. The van der Waals surface area contributed by atoms with Crippen LogP contribution in [0.3, 0.4) is 0 Å². The van der Waals surface area contributed by atoms with Crippen molar-refractivity contribution < 1.29 is 145 Å². The molecule has 0 radical (unpaired) electrons. The van der Waals surface area contributed by atoms with Gasteiger partial charge in [0.15, 0.2) is 0 Å². The molecule has 0 saturated carbocycles. The summed E-state index contributed by atoms with van der Waals surface area (Å²) in [6.45, 7) is 7.98. The van der Waals surface area contributed by atoms with Crippen molar-refractivity contribution in [3.63, 3.8) is 0 Å². The highest BCUT2D eigenvalue weighted by molar-refractivity contribution is 7.48. The molecule has 5 saturated heterocycles. The molecular weight excluding hydrogens is 2050 g/mol. The van der Waals surface area contributed by atoms with Crippen molar-refractivity contribution in [3.8, 4) is 22.5 Å². The van der Waals surface area contributed by atoms with E-state index in [2.05, 4.69) is 54.4 Å². The van der Waals surface area contributed by atoms with Crippen LogP contribution in [0.4, 0.5) is 5.69 Å². The van der Waals surface area contributed by atoms with Crippen LogP contribution in [0.2, 0.25) is 0 Å². The molecule has 5 aromatic heterocycles. The molecule has 7 aromatic rings. The van der Waals surface area contributed by atoms with Gasteiger partial charge >= 0.3 is 61.9 Å². The molecular formula is C88H118N15O39P5. The van der Waals surface area contributed by atoms with Gasteiger partial charge in [-0.1, -0.05) is 86.9 Å². The molecule has 20 atom stereocenters. The van der Waals surface area contributed by atoms with Crippen molar-refractivity contribution in [2.24, 2.45) is 0 Å². The highest BCUT2D eigenvalue weighted by Gasteiger charge is 2.51. The first kappa shape index (κ1) is 113. The fraction of sp³-hybridized carbons (Fsp3) is 0.568. The number of carbonyl (C=O) groups is 4. The van der Waals surface area contributed by atoms with Gasteiger partial charge in [0.1, 0.15) is 103 Å². The van der Waals surface area contributed by atoms with Crippen LogP contribution in [0.5, 0.6) is 0 Å². The number of aromatic amines is 4. The first-order valence-electron chi connectivity index (χ1n) is 47.5. The number of unbranched alkanes of at least 4 members (excludes halogenated alkanes) is 5. The van der Waals surface area contributed by atoms with Crippen molar-refractivity contribution in [1.82, 2.24) is 68.7 Å². The van der Waals surface area contributed by atoms with Gasteiger partial charge in [-0.15, -0.1) is 5.10 Å². The zero-order valence-corrected chi connectivity index (χ0v) is 85.3. The quantitative estimate of drug-likeness (QED) is 0.0171. The second-order valence-corrected chi connectivity index (χ2v) is 43.2. The minimum atomic E-state index is -5.70. The molecule has 0 aliphatic carbocycles. The summed E-state index contributed by atoms with van der Waals surface area (Å²) in [5.74, 6) is -0.614. The van der Waals surface area contributed by atoms with Gasteiger partial charge in [0.05, 0.1) is 70.3 Å². The molecule has 12 heterocycles. The van der Waals surface area contributed by atoms with E-state index < -0.39 is 248 Å². The van der Waals surface area contributed by atoms with Gasteiger partial charge in [0.25, 0.3) is 28.1 Å². The van der Waals surface area contributed by atoms with Gasteiger partial charge in [0, 0.05) is 147 Å². The number of amides is 3. The smallest absolute Gasteiger partial charge is 0.390 e. The van der Waals surface area contributed by atoms with Gasteiger partial charge < -0.3 is 78.4 Å². The van der Waals surface area contributed by atoms with Crippen molar-refractivity contribution >= 4 is 68.3 Å². The Hall–Kier alpha value is -10.1. The second-order valence-electron chi connectivity index (χ2n) is 36.2. The van der Waals surface area contributed by atoms with Crippen LogP contribution >= 0.6 is 39.1 Å². The van der Waals surface area contributed by atoms with E-state index in [1.807, 2.05) is 53.2 Å². The fourth-order valence-corrected chi connectivity index (χ4v) is 22.1. The Morgan fingerprint density at radius 1 is 0.476 bits per heavy atom. The average molecular weight is 2160 g/mol. The van der Waals surface area contributed by atoms with Gasteiger partial charge in [-0.3, -0.25) is 122 Å². The molecule has 54 nitrogen and oxygen atoms in total. The Bertz CT molecular complexity index is 6780. The number of ketones is 1. The van der Waals surface area contributed by atoms with Crippen LogP contribution in [0.1, 0.15) is 182 Å². The molecule has 147 heavy (non-hydrogen) atoms. The van der Waals surface area contributed by atoms with Crippen LogP contribution < -0.4 is 60.5 Å². The van der Waals surface area contributed by atoms with E-state index in [0.29, 0.717) is 55.7 Å². The Morgan fingerprint density at radius 3 is 1.37 bits per heavy atom. The maximum absolute atomic E-state index is 14.4. The average Bonchev–Trinajstić information content (AvgIpc) is 1.70. The number of H-pyrrole nitrogens is 4. The number of phosphoric acid groups is 5. The highest BCUT2D eigenvalue weighted by atomic mass is 31.2. The number of phosphoric ester groups is 5. The number of hydrogen-bond acceptors (Lipinski definition) is 37. The number of aryl methyl sites for hydroxylation is 5. The minimum absolute atomic E-state index is 0.00742. The van der Waals surface area contributed by atoms with Crippen LogP contribution in [0, 0.1) is 27.7 Å². The molecule has 14 rings (SSSR count). The number of benzene rings is 2. The van der Waals surface area contributed by atoms with Crippen LogP contribution in [-0.2, 0) is 129 Å². The first-order chi connectivity index (χ1) is 69.8. The number of nitrogens with one attached hydrogen (secondary N) is 6. The molecule has 0 spiro atoms. The Labute approximate surface area is 836 Å². The van der Waals surface area contributed by atoms with E-state index in [9.17, 15) is 110 Å². The largest absolute Gasteiger partial charge is 0.472 e. The van der Waals surface area contributed by atoms with E-state index in [1.165, 1.54) is 52.1 Å². The predicted octanol–water partition coefficient (Wildman–Crippen LogP) is 5.26. The standard InChI is InChI=1S/C88H118N15O39P5/c1-8-9-10-11-18-29-89-71(106)27-19-30-103-79-58-24-14-12-21-56(58)44-98(60-26-16-15-25-59(60)78(79)95-96-103)72(107)28-17-13-22-57(104)23-20-31-127-32-33-128-143(117,118)129-46-67-62(35-74(135-67)99-40-51(3)81(109)91-85(99)113)140-145(121,122)131-48-69-64(37-76(137-69)101-42-53(5)83(111)93-87(101)115)142-147(125,126)133-49-70-65(38-77(138-70)102-43-54(6)84(112)94-88(102)116)141-146(123,124)132-47-68-63(36-75(136-68)100-41-52(4)82(110)92-86(100)114)139-144(119,120)130-45-66-61(105)34-73(134-66)97-39-50(2)80(108)90-55(97)7/h12,14-16,21,24-26,39-43,61-70,73-77,105H,7-11,13,17-20,22-23,27-38,44-49H2,1-6H3,(H,89,106)(H,90,108)(H,117,118)(H,119,120)(H,121,122)(H,123,124)(H,125,126)(H,91,109,113)(H,92,110,114)(H,93,111,115)(H,94,112,116)/t61?,62?,63?,64?,65?,66-,67-,68-,69-,70-,73-,74-,75-,76-,77-/m1/s1. The number of hydrogen-bond donors (Lipinski definition) is 12. The summed E-state index contributed by atoms with van der Waals surface area (Å²) < 4.78 is 166. The number of ether oxygens (including phenoxy) is 6. The first-order valence-corrected chi connectivity index (χ1v) is 55.0. The summed E-state index contributed by atoms with van der Waals surface area (Å²) in [5, 5.41) is 25.7. The number of anilines is 1. The molecule has 7 aliphatic heterocycles. The highest BCUT2D eigenvalue weighted by Crippen LogP contribution is 2.56. The summed E-state index contributed by atoms with van der Waals surface area (Å²) >= 11 is 0. The number of aromatic nitrogens is 11. The number of Topliss-reactive ketones (excluding diaryl/α,β-unsaturated/α-hetero) is 1. The third-order valence-corrected chi connectivity index (χ3v) is 30.2. The van der Waals surface area contributed by atoms with E-state index in [0.717, 1.165) is 85.6 Å². The van der Waals surface area contributed by atoms with Crippen LogP contribution in [-0.4, -0.2) is 238 Å². The molecule has 804 valence electrons. The van der Waals surface area contributed by atoms with E-state index >= 15 is 0 Å². The van der Waals surface area contributed by atoms with E-state index in [-0.39, 0.29) is 103 Å². The molecule has 59 heteroatoms. The lowest BCUT2D eigenvalue weighted by atomic mass is 9.95. The number of para-hydroxylation sites is 1. The number of aliphatic hydroxyl groups excluding tert-OH is 1. The van der Waals surface area contributed by atoms with E-state index in [1.54, 1.807) is 4.90 Å². The number of nitrogens with zero attached hydrogens (tertiary/aromatic N) is 9. The Kier molecular flexibility index (Phi) is 37.8. The lowest BCUT2D eigenvalue weighted by molar-refractivity contribution is -0.121. The zero-order valence-electron chi connectivity index (χ0n) is 80.8. The summed E-state index contributed by atoms with van der Waals surface area (Å²) in [6.07, 6.45) is -13.0. The molecule has 5 fully saturated rings. The van der Waals surface area contributed by atoms with Crippen molar-refractivity contribution in [2.75, 3.05) is 64.3 Å². The Morgan fingerprint density at radius 2 is 0.898 bits per heavy atom. The lowest BCUT2D eigenvalue weighted by Gasteiger charge is -2.32. The summed E-state index contributed by atoms with van der Waals surface area (Å²) in [4.78, 5) is 224. The molecule has 0 bridgehead atoms. The maximum Gasteiger partial charge on any atom is 0.472 e. The number of rotatable bonds is 51. The fourth-order valence-electron chi connectivity index (χ4n) is 17.5.